The van der Waals surface area contributed by atoms with E-state index in [1.165, 1.54) is 31.0 Å². The van der Waals surface area contributed by atoms with Crippen LogP contribution >= 0.6 is 11.8 Å². The van der Waals surface area contributed by atoms with Gasteiger partial charge in [0.2, 0.25) is 0 Å². The second kappa shape index (κ2) is 11.5. The molecule has 0 bridgehead atoms. The van der Waals surface area contributed by atoms with E-state index in [-0.39, 0.29) is 18.2 Å². The van der Waals surface area contributed by atoms with Crippen LogP contribution in [0.4, 0.5) is 4.39 Å². The first-order valence-electron chi connectivity index (χ1n) is 8.23. The minimum atomic E-state index is -0.764. The summed E-state index contributed by atoms with van der Waals surface area (Å²) in [6.07, 6.45) is 0.544. The van der Waals surface area contributed by atoms with Crippen molar-refractivity contribution in [2.75, 3.05) is 19.5 Å². The van der Waals surface area contributed by atoms with Crippen LogP contribution in [0.1, 0.15) is 26.7 Å². The summed E-state index contributed by atoms with van der Waals surface area (Å²) < 4.78 is 22.4. The highest BCUT2D eigenvalue weighted by Crippen LogP contribution is 2.18. The number of rotatable bonds is 10. The summed E-state index contributed by atoms with van der Waals surface area (Å²) in [5.41, 5.74) is 0. The third-order valence-electron chi connectivity index (χ3n) is 3.28. The van der Waals surface area contributed by atoms with Crippen LogP contribution in [0, 0.1) is 11.7 Å². The van der Waals surface area contributed by atoms with Crippen molar-refractivity contribution in [3.63, 3.8) is 0 Å². The Labute approximate surface area is 156 Å². The van der Waals surface area contributed by atoms with Gasteiger partial charge in [-0.15, -0.1) is 11.8 Å². The predicted octanol–water partition coefficient (Wildman–Crippen LogP) is 2.56. The van der Waals surface area contributed by atoms with E-state index >= 15 is 0 Å². The van der Waals surface area contributed by atoms with Gasteiger partial charge in [0.15, 0.2) is 6.61 Å². The highest BCUT2D eigenvalue weighted by molar-refractivity contribution is 7.99. The maximum Gasteiger partial charge on any atom is 0.328 e. The van der Waals surface area contributed by atoms with Crippen LogP contribution in [-0.2, 0) is 23.9 Å². The van der Waals surface area contributed by atoms with Crippen molar-refractivity contribution in [3.05, 3.63) is 30.1 Å². The van der Waals surface area contributed by atoms with Crippen LogP contribution < -0.4 is 5.32 Å². The second-order valence-electron chi connectivity index (χ2n) is 5.99. The molecular weight excluding hydrogens is 361 g/mol. The average Bonchev–Trinajstić information content (AvgIpc) is 2.60. The molecule has 1 rings (SSSR count). The third kappa shape index (κ3) is 8.84. The molecule has 1 N–H and O–H groups in total. The molecule has 0 fully saturated rings. The Kier molecular flexibility index (Phi) is 9.72. The molecule has 1 aromatic carbocycles. The number of hydrogen-bond acceptors (Lipinski definition) is 6. The molecule has 26 heavy (non-hydrogen) atoms. The largest absolute Gasteiger partial charge is 0.467 e. The van der Waals surface area contributed by atoms with Crippen LogP contribution in [0.2, 0.25) is 0 Å². The number of hydrogen-bond donors (Lipinski definition) is 1. The van der Waals surface area contributed by atoms with E-state index in [1.807, 2.05) is 13.8 Å². The van der Waals surface area contributed by atoms with Gasteiger partial charge in [0.25, 0.3) is 5.91 Å². The van der Waals surface area contributed by atoms with Crippen LogP contribution in [0.15, 0.2) is 29.2 Å². The zero-order valence-electron chi connectivity index (χ0n) is 15.1. The molecule has 0 spiro atoms. The van der Waals surface area contributed by atoms with Gasteiger partial charge >= 0.3 is 11.9 Å². The molecule has 0 aliphatic carbocycles. The number of halogens is 1. The molecule has 1 amide bonds. The Morgan fingerprint density at radius 3 is 2.42 bits per heavy atom. The number of amides is 1. The fourth-order valence-electron chi connectivity index (χ4n) is 2.06. The van der Waals surface area contributed by atoms with Crippen molar-refractivity contribution in [2.45, 2.75) is 37.6 Å². The highest BCUT2D eigenvalue weighted by atomic mass is 32.2. The highest BCUT2D eigenvalue weighted by Gasteiger charge is 2.23. The van der Waals surface area contributed by atoms with Crippen molar-refractivity contribution < 1.29 is 28.2 Å². The lowest BCUT2D eigenvalue weighted by molar-refractivity contribution is -0.150. The summed E-state index contributed by atoms with van der Waals surface area (Å²) in [4.78, 5) is 36.0. The van der Waals surface area contributed by atoms with Gasteiger partial charge < -0.3 is 14.8 Å². The van der Waals surface area contributed by atoms with E-state index in [4.69, 9.17) is 4.74 Å². The monoisotopic (exact) mass is 385 g/mol. The molecule has 0 unspecified atom stereocenters. The summed E-state index contributed by atoms with van der Waals surface area (Å²) in [5, 5.41) is 2.51. The number of esters is 2. The Balaban J connectivity index is 2.30. The van der Waals surface area contributed by atoms with Gasteiger partial charge in [-0.05, 0) is 36.6 Å². The predicted molar refractivity (Wildman–Crippen MR) is 96.1 cm³/mol. The average molecular weight is 385 g/mol. The van der Waals surface area contributed by atoms with Crippen LogP contribution in [0.5, 0.6) is 0 Å². The van der Waals surface area contributed by atoms with Crippen LogP contribution in [0.25, 0.3) is 0 Å². The van der Waals surface area contributed by atoms with Crippen molar-refractivity contribution in [1.82, 2.24) is 5.32 Å². The fraction of sp³-hybridized carbons (Fsp3) is 0.500. The summed E-state index contributed by atoms with van der Waals surface area (Å²) in [6.45, 7) is 3.38. The number of carbonyl (C=O) groups excluding carboxylic acids is 3. The van der Waals surface area contributed by atoms with Gasteiger partial charge in [0.1, 0.15) is 11.9 Å². The van der Waals surface area contributed by atoms with Gasteiger partial charge in [-0.2, -0.15) is 0 Å². The van der Waals surface area contributed by atoms with Gasteiger partial charge in [0.05, 0.1) is 13.5 Å². The maximum atomic E-state index is 12.8. The van der Waals surface area contributed by atoms with Crippen molar-refractivity contribution in [1.29, 1.82) is 0 Å². The minimum absolute atomic E-state index is 0.113. The van der Waals surface area contributed by atoms with Gasteiger partial charge in [-0.3, -0.25) is 9.59 Å². The van der Waals surface area contributed by atoms with Gasteiger partial charge in [-0.25, -0.2) is 9.18 Å². The van der Waals surface area contributed by atoms with Crippen molar-refractivity contribution >= 4 is 29.6 Å². The van der Waals surface area contributed by atoms with E-state index in [2.05, 4.69) is 10.1 Å². The Bertz CT molecular complexity index is 606. The first-order chi connectivity index (χ1) is 12.3. The zero-order chi connectivity index (χ0) is 19.5. The van der Waals surface area contributed by atoms with E-state index in [1.54, 1.807) is 12.1 Å². The van der Waals surface area contributed by atoms with E-state index < -0.39 is 30.5 Å². The lowest BCUT2D eigenvalue weighted by Crippen LogP contribution is -2.44. The molecule has 1 aromatic rings. The molecule has 8 heteroatoms. The summed E-state index contributed by atoms with van der Waals surface area (Å²) in [6, 6.07) is 5.18. The summed E-state index contributed by atoms with van der Waals surface area (Å²) in [5.74, 6) is -1.29. The normalized spacial score (nSPS) is 11.7. The molecule has 0 aromatic heterocycles. The second-order valence-corrected chi connectivity index (χ2v) is 7.15. The van der Waals surface area contributed by atoms with Crippen molar-refractivity contribution in [2.24, 2.45) is 5.92 Å². The van der Waals surface area contributed by atoms with Crippen molar-refractivity contribution in [3.8, 4) is 0 Å². The first kappa shape index (κ1) is 22.0. The zero-order valence-corrected chi connectivity index (χ0v) is 15.9. The Morgan fingerprint density at radius 1 is 1.19 bits per heavy atom. The van der Waals surface area contributed by atoms with E-state index in [0.717, 1.165) is 4.90 Å². The third-order valence-corrected chi connectivity index (χ3v) is 4.29. The molecule has 0 aliphatic heterocycles. The lowest BCUT2D eigenvalue weighted by Gasteiger charge is -2.18. The van der Waals surface area contributed by atoms with Crippen LogP contribution in [-0.4, -0.2) is 43.4 Å². The SMILES string of the molecule is COC(=O)[C@H](CC(C)C)NC(=O)COC(=O)CCSc1ccc(F)cc1. The lowest BCUT2D eigenvalue weighted by atomic mass is 10.0. The molecule has 6 nitrogen and oxygen atoms in total. The quantitative estimate of drug-likeness (QED) is 0.492. The smallest absolute Gasteiger partial charge is 0.328 e. The molecule has 0 aliphatic rings. The van der Waals surface area contributed by atoms with E-state index in [0.29, 0.717) is 12.2 Å². The molecule has 0 saturated heterocycles. The number of nitrogens with one attached hydrogen (secondary N) is 1. The number of carbonyl (C=O) groups is 3. The topological polar surface area (TPSA) is 81.7 Å². The number of ether oxygens (including phenoxy) is 2. The number of benzene rings is 1. The number of thioether (sulfide) groups is 1. The molecule has 1 atom stereocenters. The summed E-state index contributed by atoms with van der Waals surface area (Å²) in [7, 11) is 1.25. The molecular formula is C18H24FNO5S. The first-order valence-corrected chi connectivity index (χ1v) is 9.21. The van der Waals surface area contributed by atoms with E-state index in [9.17, 15) is 18.8 Å². The fourth-order valence-corrected chi connectivity index (χ4v) is 2.90. The van der Waals surface area contributed by atoms with Gasteiger partial charge in [-0.1, -0.05) is 13.8 Å². The standard InChI is InChI=1S/C18H24FNO5S/c1-12(2)10-15(18(23)24-3)20-16(21)11-25-17(22)8-9-26-14-6-4-13(19)5-7-14/h4-7,12,15H,8-11H2,1-3H3,(H,20,21)/t15-/m0/s1. The molecule has 0 heterocycles. The van der Waals surface area contributed by atoms with Crippen LogP contribution in [0.3, 0.4) is 0 Å². The molecule has 0 radical (unpaired) electrons. The van der Waals surface area contributed by atoms with Gasteiger partial charge in [0, 0.05) is 10.6 Å². The Morgan fingerprint density at radius 2 is 1.85 bits per heavy atom. The maximum absolute atomic E-state index is 12.8. The summed E-state index contributed by atoms with van der Waals surface area (Å²) >= 11 is 1.39. The minimum Gasteiger partial charge on any atom is -0.467 e. The molecule has 144 valence electrons. The Hall–Kier alpha value is -2.09. The number of methoxy groups -OCH3 is 1. The molecule has 0 saturated carbocycles.